The van der Waals surface area contributed by atoms with Crippen molar-refractivity contribution < 1.29 is 24.4 Å². The Morgan fingerprint density at radius 1 is 1.45 bits per heavy atom. The summed E-state index contributed by atoms with van der Waals surface area (Å²) in [6.45, 7) is 3.24. The molecular formula is C13H20N2O7. The Morgan fingerprint density at radius 2 is 2.18 bits per heavy atom. The van der Waals surface area contributed by atoms with Gasteiger partial charge in [0, 0.05) is 18.4 Å². The number of rotatable bonds is 6. The molecule has 124 valence electrons. The summed E-state index contributed by atoms with van der Waals surface area (Å²) in [5.41, 5.74) is -0.865. The lowest BCUT2D eigenvalue weighted by Crippen LogP contribution is -2.40. The van der Waals surface area contributed by atoms with Gasteiger partial charge in [0.15, 0.2) is 6.23 Å². The van der Waals surface area contributed by atoms with Crippen LogP contribution >= 0.6 is 0 Å². The minimum Gasteiger partial charge on any atom is -0.394 e. The molecule has 0 radical (unpaired) electrons. The Bertz CT molecular complexity index is 611. The molecule has 4 atom stereocenters. The van der Waals surface area contributed by atoms with Gasteiger partial charge in [0.05, 0.1) is 6.61 Å². The van der Waals surface area contributed by atoms with Crippen molar-refractivity contribution >= 4 is 0 Å². The van der Waals surface area contributed by atoms with Gasteiger partial charge in [-0.25, -0.2) is 4.79 Å². The molecule has 0 aliphatic carbocycles. The average molecular weight is 316 g/mol. The zero-order valence-electron chi connectivity index (χ0n) is 12.4. The summed E-state index contributed by atoms with van der Waals surface area (Å²) in [4.78, 5) is 25.5. The number of hydrogen-bond donors (Lipinski definition) is 3. The van der Waals surface area contributed by atoms with E-state index in [1.165, 1.54) is 6.20 Å². The second-order valence-electron chi connectivity index (χ2n) is 4.96. The SMILES string of the molecule is CCOCO[C@@H]1[C@H](O)[C@@H](CO)O[C@H]1n1cc(C)c(=O)[nH]c1=O. The predicted molar refractivity (Wildman–Crippen MR) is 74.4 cm³/mol. The van der Waals surface area contributed by atoms with Crippen LogP contribution < -0.4 is 11.2 Å². The number of nitrogens with zero attached hydrogens (tertiary/aromatic N) is 1. The molecule has 0 aromatic carbocycles. The summed E-state index contributed by atoms with van der Waals surface area (Å²) in [6, 6.07) is 0. The molecule has 1 aromatic rings. The fraction of sp³-hybridized carbons (Fsp3) is 0.692. The molecule has 1 aliphatic rings. The Hall–Kier alpha value is -1.52. The first-order valence-electron chi connectivity index (χ1n) is 6.95. The molecule has 1 fully saturated rings. The zero-order chi connectivity index (χ0) is 16.3. The molecule has 9 nitrogen and oxygen atoms in total. The predicted octanol–water partition coefficient (Wildman–Crippen LogP) is -1.53. The van der Waals surface area contributed by atoms with Gasteiger partial charge >= 0.3 is 5.69 Å². The highest BCUT2D eigenvalue weighted by Crippen LogP contribution is 2.30. The first kappa shape index (κ1) is 16.8. The van der Waals surface area contributed by atoms with Crippen LogP contribution in [0.1, 0.15) is 18.7 Å². The van der Waals surface area contributed by atoms with E-state index in [2.05, 4.69) is 4.98 Å². The Kier molecular flexibility index (Phi) is 5.48. The number of aliphatic hydroxyl groups is 2. The molecule has 0 saturated carbocycles. The maximum atomic E-state index is 12.0. The summed E-state index contributed by atoms with van der Waals surface area (Å²) in [5.74, 6) is 0. The van der Waals surface area contributed by atoms with Gasteiger partial charge in [-0.15, -0.1) is 0 Å². The summed E-state index contributed by atoms with van der Waals surface area (Å²) in [6.07, 6.45) is -2.58. The molecular weight excluding hydrogens is 296 g/mol. The van der Waals surface area contributed by atoms with Gasteiger partial charge in [0.1, 0.15) is 25.1 Å². The van der Waals surface area contributed by atoms with Crippen LogP contribution in [-0.4, -0.2) is 58.1 Å². The number of aryl methyl sites for hydroxylation is 1. The number of nitrogens with one attached hydrogen (secondary N) is 1. The number of H-pyrrole nitrogens is 1. The van der Waals surface area contributed by atoms with E-state index in [-0.39, 0.29) is 6.79 Å². The van der Waals surface area contributed by atoms with E-state index in [4.69, 9.17) is 14.2 Å². The van der Waals surface area contributed by atoms with E-state index in [0.717, 1.165) is 4.57 Å². The van der Waals surface area contributed by atoms with Crippen LogP contribution in [0, 0.1) is 6.92 Å². The highest BCUT2D eigenvalue weighted by atomic mass is 16.7. The molecule has 0 spiro atoms. The van der Waals surface area contributed by atoms with Gasteiger partial charge < -0.3 is 24.4 Å². The Morgan fingerprint density at radius 3 is 2.82 bits per heavy atom. The molecule has 0 amide bonds. The first-order valence-corrected chi connectivity index (χ1v) is 6.95. The smallest absolute Gasteiger partial charge is 0.330 e. The van der Waals surface area contributed by atoms with Crippen molar-refractivity contribution in [1.82, 2.24) is 9.55 Å². The van der Waals surface area contributed by atoms with E-state index < -0.39 is 42.4 Å². The fourth-order valence-electron chi connectivity index (χ4n) is 2.26. The maximum Gasteiger partial charge on any atom is 0.330 e. The van der Waals surface area contributed by atoms with E-state index in [1.807, 2.05) is 0 Å². The van der Waals surface area contributed by atoms with Crippen LogP contribution in [0.5, 0.6) is 0 Å². The zero-order valence-corrected chi connectivity index (χ0v) is 12.4. The van der Waals surface area contributed by atoms with Crippen LogP contribution in [0.4, 0.5) is 0 Å². The number of aromatic nitrogens is 2. The first-order chi connectivity index (χ1) is 10.5. The lowest BCUT2D eigenvalue weighted by Gasteiger charge is -2.22. The summed E-state index contributed by atoms with van der Waals surface area (Å²) < 4.78 is 17.1. The molecule has 0 unspecified atom stereocenters. The second-order valence-corrected chi connectivity index (χ2v) is 4.96. The molecule has 1 aliphatic heterocycles. The highest BCUT2D eigenvalue weighted by Gasteiger charge is 2.45. The number of aromatic amines is 1. The molecule has 1 aromatic heterocycles. The molecule has 2 rings (SSSR count). The van der Waals surface area contributed by atoms with Crippen molar-refractivity contribution in [2.45, 2.75) is 38.4 Å². The topological polar surface area (TPSA) is 123 Å². The van der Waals surface area contributed by atoms with Gasteiger partial charge in [0.2, 0.25) is 0 Å². The third kappa shape index (κ3) is 3.28. The van der Waals surface area contributed by atoms with Crippen molar-refractivity contribution in [2.24, 2.45) is 0 Å². The number of hydrogen-bond acceptors (Lipinski definition) is 7. The van der Waals surface area contributed by atoms with E-state index in [0.29, 0.717) is 12.2 Å². The number of aliphatic hydroxyl groups excluding tert-OH is 2. The average Bonchev–Trinajstić information content (AvgIpc) is 2.80. The summed E-state index contributed by atoms with van der Waals surface area (Å²) >= 11 is 0. The third-order valence-electron chi connectivity index (χ3n) is 3.46. The third-order valence-corrected chi connectivity index (χ3v) is 3.46. The van der Waals surface area contributed by atoms with Gasteiger partial charge in [-0.1, -0.05) is 0 Å². The van der Waals surface area contributed by atoms with Crippen LogP contribution in [0.2, 0.25) is 0 Å². The van der Waals surface area contributed by atoms with Crippen LogP contribution in [0.3, 0.4) is 0 Å². The number of ether oxygens (including phenoxy) is 3. The molecule has 0 bridgehead atoms. The van der Waals surface area contributed by atoms with E-state index in [9.17, 15) is 19.8 Å². The summed E-state index contributed by atoms with van der Waals surface area (Å²) in [7, 11) is 0. The van der Waals surface area contributed by atoms with E-state index in [1.54, 1.807) is 13.8 Å². The van der Waals surface area contributed by atoms with Gasteiger partial charge in [0.25, 0.3) is 5.56 Å². The van der Waals surface area contributed by atoms with Crippen LogP contribution in [0.25, 0.3) is 0 Å². The van der Waals surface area contributed by atoms with Crippen molar-refractivity contribution in [2.75, 3.05) is 20.0 Å². The molecule has 22 heavy (non-hydrogen) atoms. The normalized spacial score (nSPS) is 28.2. The van der Waals surface area contributed by atoms with Gasteiger partial charge in [-0.2, -0.15) is 0 Å². The van der Waals surface area contributed by atoms with Crippen LogP contribution in [0.15, 0.2) is 15.8 Å². The molecule has 9 heteroatoms. The molecule has 1 saturated heterocycles. The van der Waals surface area contributed by atoms with Gasteiger partial charge in [-0.3, -0.25) is 14.3 Å². The minimum atomic E-state index is -1.13. The highest BCUT2D eigenvalue weighted by molar-refractivity contribution is 5.03. The largest absolute Gasteiger partial charge is 0.394 e. The summed E-state index contributed by atoms with van der Waals surface area (Å²) in [5, 5.41) is 19.4. The fourth-order valence-corrected chi connectivity index (χ4v) is 2.26. The van der Waals surface area contributed by atoms with Crippen molar-refractivity contribution in [3.8, 4) is 0 Å². The van der Waals surface area contributed by atoms with Crippen molar-refractivity contribution in [1.29, 1.82) is 0 Å². The lowest BCUT2D eigenvalue weighted by atomic mass is 10.1. The van der Waals surface area contributed by atoms with E-state index >= 15 is 0 Å². The molecule has 3 N–H and O–H groups in total. The second kappa shape index (κ2) is 7.16. The Labute approximate surface area is 126 Å². The quantitative estimate of drug-likeness (QED) is 0.430. The molecule has 2 heterocycles. The van der Waals surface area contributed by atoms with Crippen LogP contribution in [-0.2, 0) is 14.2 Å². The minimum absolute atomic E-state index is 0.0900. The standard InChI is InChI=1S/C13H20N2O7/c1-3-20-6-21-10-9(17)8(5-16)22-12(10)15-4-7(2)11(18)14-13(15)19/h4,8-10,12,16-17H,3,5-6H2,1-2H3,(H,14,18,19)/t8-,9-,10-,12-/m1/s1. The van der Waals surface area contributed by atoms with Crippen molar-refractivity contribution in [3.63, 3.8) is 0 Å². The monoisotopic (exact) mass is 316 g/mol. The maximum absolute atomic E-state index is 12.0. The lowest BCUT2D eigenvalue weighted by molar-refractivity contribution is -0.138. The Balaban J connectivity index is 2.31. The van der Waals surface area contributed by atoms with Crippen molar-refractivity contribution in [3.05, 3.63) is 32.6 Å². The van der Waals surface area contributed by atoms with Gasteiger partial charge in [-0.05, 0) is 13.8 Å².